The number of pyridine rings is 1. The van der Waals surface area contributed by atoms with Gasteiger partial charge in [-0.25, -0.2) is 10.0 Å². The number of rotatable bonds is 5. The lowest BCUT2D eigenvalue weighted by molar-refractivity contribution is 0.569. The second kappa shape index (κ2) is 8.62. The highest BCUT2D eigenvalue weighted by atomic mass is 32.3. The van der Waals surface area contributed by atoms with Crippen molar-refractivity contribution in [3.63, 3.8) is 0 Å². The lowest BCUT2D eigenvalue weighted by Gasteiger charge is -2.38. The zero-order valence-electron chi connectivity index (χ0n) is 21.1. The molecule has 0 fully saturated rings. The summed E-state index contributed by atoms with van der Waals surface area (Å²) in [5, 5.41) is 2.57. The van der Waals surface area contributed by atoms with Gasteiger partial charge in [-0.3, -0.25) is 4.98 Å². The Bertz CT molecular complexity index is 1020. The van der Waals surface area contributed by atoms with E-state index in [9.17, 15) is 0 Å². The van der Waals surface area contributed by atoms with Gasteiger partial charge in [0.05, 0.1) is 5.69 Å². The van der Waals surface area contributed by atoms with Crippen LogP contribution in [0.25, 0.3) is 22.0 Å². The van der Waals surface area contributed by atoms with Gasteiger partial charge >= 0.3 is 0 Å². The lowest BCUT2D eigenvalue weighted by Crippen LogP contribution is -2.16. The van der Waals surface area contributed by atoms with Crippen LogP contribution in [0.4, 0.5) is 0 Å². The van der Waals surface area contributed by atoms with Crippen LogP contribution >= 0.6 is 10.0 Å². The normalized spacial score (nSPS) is 13.6. The van der Waals surface area contributed by atoms with Crippen molar-refractivity contribution in [1.29, 1.82) is 0 Å². The number of aromatic nitrogens is 1. The summed E-state index contributed by atoms with van der Waals surface area (Å²) in [6.45, 7) is 20.8. The molecular formula is C29H41NS. The van der Waals surface area contributed by atoms with E-state index in [1.54, 1.807) is 4.90 Å². The molecule has 0 radical (unpaired) electrons. The molecule has 0 saturated heterocycles. The van der Waals surface area contributed by atoms with Crippen molar-refractivity contribution in [2.75, 3.05) is 17.3 Å². The highest BCUT2D eigenvalue weighted by Gasteiger charge is 2.23. The molecule has 31 heavy (non-hydrogen) atoms. The van der Waals surface area contributed by atoms with E-state index in [4.69, 9.17) is 4.98 Å². The molecule has 0 amide bonds. The third-order valence-corrected chi connectivity index (χ3v) is 11.4. The van der Waals surface area contributed by atoms with E-state index in [0.717, 1.165) is 5.69 Å². The molecular weight excluding hydrogens is 394 g/mol. The minimum Gasteiger partial charge on any atom is -0.256 e. The Balaban J connectivity index is 2.24. The van der Waals surface area contributed by atoms with Gasteiger partial charge in [-0.2, -0.15) is 0 Å². The van der Waals surface area contributed by atoms with Crippen molar-refractivity contribution >= 4 is 20.8 Å². The van der Waals surface area contributed by atoms with Crippen molar-refractivity contribution in [3.05, 3.63) is 59.8 Å². The van der Waals surface area contributed by atoms with Crippen LogP contribution in [0.3, 0.4) is 0 Å². The average molecular weight is 436 g/mol. The molecule has 0 spiro atoms. The number of hydrogen-bond acceptors (Lipinski definition) is 1. The predicted octanol–water partition coefficient (Wildman–Crippen LogP) is 8.72. The maximum absolute atomic E-state index is 4.88. The summed E-state index contributed by atoms with van der Waals surface area (Å²) in [5.41, 5.74) is 5.27. The van der Waals surface area contributed by atoms with Gasteiger partial charge in [0.25, 0.3) is 0 Å². The van der Waals surface area contributed by atoms with E-state index >= 15 is 0 Å². The van der Waals surface area contributed by atoms with Crippen molar-refractivity contribution in [1.82, 2.24) is 4.98 Å². The van der Waals surface area contributed by atoms with Crippen molar-refractivity contribution < 1.29 is 0 Å². The molecule has 0 aliphatic rings. The summed E-state index contributed by atoms with van der Waals surface area (Å²) >= 11 is 0. The first-order chi connectivity index (χ1) is 14.4. The number of fused-ring (bicyclic) bond motifs is 1. The van der Waals surface area contributed by atoms with E-state index in [-0.39, 0.29) is 10.8 Å². The van der Waals surface area contributed by atoms with E-state index in [2.05, 4.69) is 105 Å². The summed E-state index contributed by atoms with van der Waals surface area (Å²) in [5.74, 6) is 3.77. The Hall–Kier alpha value is -1.80. The fourth-order valence-corrected chi connectivity index (χ4v) is 7.36. The van der Waals surface area contributed by atoms with E-state index in [1.165, 1.54) is 44.7 Å². The van der Waals surface area contributed by atoms with Gasteiger partial charge in [0.15, 0.2) is 0 Å². The Morgan fingerprint density at radius 1 is 0.710 bits per heavy atom. The van der Waals surface area contributed by atoms with E-state index in [1.807, 2.05) is 6.20 Å². The Morgan fingerprint density at radius 3 is 1.74 bits per heavy atom. The van der Waals surface area contributed by atoms with Crippen LogP contribution in [0.2, 0.25) is 0 Å². The summed E-state index contributed by atoms with van der Waals surface area (Å²) in [7, 11) is -0.730. The molecule has 2 heteroatoms. The fourth-order valence-electron chi connectivity index (χ4n) is 4.40. The van der Waals surface area contributed by atoms with Crippen LogP contribution in [0.15, 0.2) is 53.6 Å². The summed E-state index contributed by atoms with van der Waals surface area (Å²) in [6.07, 6.45) is 1.99. The highest BCUT2D eigenvalue weighted by molar-refractivity contribution is 8.33. The molecule has 168 valence electrons. The van der Waals surface area contributed by atoms with Gasteiger partial charge in [-0.05, 0) is 79.8 Å². The number of benzene rings is 2. The molecule has 0 bridgehead atoms. The third-order valence-electron chi connectivity index (χ3n) is 6.83. The van der Waals surface area contributed by atoms with E-state index in [0.29, 0.717) is 0 Å². The van der Waals surface area contributed by atoms with Gasteiger partial charge in [0, 0.05) is 17.1 Å². The van der Waals surface area contributed by atoms with Crippen LogP contribution < -0.4 is 0 Å². The molecule has 1 nitrogen and oxygen atoms in total. The van der Waals surface area contributed by atoms with Gasteiger partial charge in [0.2, 0.25) is 0 Å². The molecule has 0 unspecified atom stereocenters. The van der Waals surface area contributed by atoms with Gasteiger partial charge in [-0.1, -0.05) is 74.4 Å². The van der Waals surface area contributed by atoms with Crippen LogP contribution in [0, 0.1) is 0 Å². The minimum atomic E-state index is -0.730. The first kappa shape index (κ1) is 23.9. The van der Waals surface area contributed by atoms with E-state index < -0.39 is 10.0 Å². The summed E-state index contributed by atoms with van der Waals surface area (Å²) in [6, 6.07) is 16.4. The largest absolute Gasteiger partial charge is 0.256 e. The SMILES string of the molecule is CCS(CC)(CC)c1ccc2c(-c3cc(C(C)(C)C)cc(C(C)(C)C)c3)nccc2c1. The quantitative estimate of drug-likeness (QED) is 0.390. The van der Waals surface area contributed by atoms with Crippen molar-refractivity contribution in [3.8, 4) is 11.3 Å². The third kappa shape index (κ3) is 4.70. The second-order valence-electron chi connectivity index (χ2n) is 10.8. The Morgan fingerprint density at radius 2 is 1.26 bits per heavy atom. The van der Waals surface area contributed by atoms with Gasteiger partial charge < -0.3 is 0 Å². The standard InChI is InChI=1S/C29H41NS/c1-10-31(11-2,12-3)25-13-14-26-21(19-25)15-16-30-27(26)22-17-23(28(4,5)6)20-24(18-22)29(7,8)9/h13-20H,10-12H2,1-9H3. The molecule has 3 aromatic rings. The molecule has 0 aliphatic heterocycles. The topological polar surface area (TPSA) is 12.9 Å². The summed E-state index contributed by atoms with van der Waals surface area (Å²) < 4.78 is 0. The van der Waals surface area contributed by atoms with Crippen LogP contribution in [-0.4, -0.2) is 22.2 Å². The van der Waals surface area contributed by atoms with Crippen LogP contribution in [0.5, 0.6) is 0 Å². The molecule has 3 rings (SSSR count). The Labute approximate surface area is 192 Å². The molecule has 1 aromatic heterocycles. The minimum absolute atomic E-state index is 0.0973. The first-order valence-corrected chi connectivity index (χ1v) is 13.9. The monoisotopic (exact) mass is 435 g/mol. The number of nitrogens with zero attached hydrogens (tertiary/aromatic N) is 1. The zero-order chi connectivity index (χ0) is 23.0. The average Bonchev–Trinajstić information content (AvgIpc) is 2.73. The van der Waals surface area contributed by atoms with Gasteiger partial charge in [0.1, 0.15) is 0 Å². The Kier molecular flexibility index (Phi) is 6.63. The smallest absolute Gasteiger partial charge is 0.0780 e. The maximum atomic E-state index is 4.88. The molecule has 0 atom stereocenters. The first-order valence-electron chi connectivity index (χ1n) is 11.8. The van der Waals surface area contributed by atoms with Gasteiger partial charge in [-0.15, -0.1) is 0 Å². The molecule has 0 N–H and O–H groups in total. The maximum Gasteiger partial charge on any atom is 0.0780 e. The molecule has 1 heterocycles. The lowest BCUT2D eigenvalue weighted by atomic mass is 9.79. The zero-order valence-corrected chi connectivity index (χ0v) is 21.9. The van der Waals surface area contributed by atoms with Crippen LogP contribution in [0.1, 0.15) is 73.4 Å². The predicted molar refractivity (Wildman–Crippen MR) is 142 cm³/mol. The summed E-state index contributed by atoms with van der Waals surface area (Å²) in [4.78, 5) is 6.43. The number of hydrogen-bond donors (Lipinski definition) is 0. The molecule has 0 saturated carbocycles. The second-order valence-corrected chi connectivity index (χ2v) is 15.0. The molecule has 0 aliphatic carbocycles. The van der Waals surface area contributed by atoms with Crippen LogP contribution in [-0.2, 0) is 10.8 Å². The van der Waals surface area contributed by atoms with Crippen molar-refractivity contribution in [2.24, 2.45) is 0 Å². The highest BCUT2D eigenvalue weighted by Crippen LogP contribution is 2.55. The molecule has 2 aromatic carbocycles. The fraction of sp³-hybridized carbons (Fsp3) is 0.483. The van der Waals surface area contributed by atoms with Crippen molar-refractivity contribution in [2.45, 2.75) is 78.0 Å².